The number of nitrogens with one attached hydrogen (secondary N) is 3. The summed E-state index contributed by atoms with van der Waals surface area (Å²) in [6, 6.07) is 13.3. The number of hydrogen-bond acceptors (Lipinski definition) is 5. The predicted octanol–water partition coefficient (Wildman–Crippen LogP) is 2.69. The van der Waals surface area contributed by atoms with Gasteiger partial charge >= 0.3 is 0 Å². The summed E-state index contributed by atoms with van der Waals surface area (Å²) in [5.41, 5.74) is 2.42. The first-order valence-electron chi connectivity index (χ1n) is 8.74. The Morgan fingerprint density at radius 2 is 1.82 bits per heavy atom. The first kappa shape index (κ1) is 19.8. The number of rotatable bonds is 8. The number of carbonyl (C=O) groups excluding carboxylic acids is 1. The fraction of sp³-hybridized carbons (Fsp3) is 0.200. The minimum Gasteiger partial charge on any atom is -0.497 e. The smallest absolute Gasteiger partial charge is 0.279 e. The Morgan fingerprint density at radius 1 is 1.14 bits per heavy atom. The second-order valence-corrected chi connectivity index (χ2v) is 7.22. The van der Waals surface area contributed by atoms with Crippen LogP contribution in [0.25, 0.3) is 0 Å². The molecule has 28 heavy (non-hydrogen) atoms. The van der Waals surface area contributed by atoms with E-state index in [1.165, 1.54) is 23.5 Å². The van der Waals surface area contributed by atoms with Crippen molar-refractivity contribution in [2.75, 3.05) is 31.3 Å². The van der Waals surface area contributed by atoms with Crippen LogP contribution in [0.3, 0.4) is 0 Å². The lowest BCUT2D eigenvalue weighted by molar-refractivity contribution is -0.885. The third-order valence-corrected chi connectivity index (χ3v) is 4.77. The number of aromatic nitrogens is 1. The molecule has 8 heteroatoms. The van der Waals surface area contributed by atoms with Gasteiger partial charge < -0.3 is 20.3 Å². The van der Waals surface area contributed by atoms with Gasteiger partial charge in [0, 0.05) is 16.8 Å². The molecule has 146 valence electrons. The van der Waals surface area contributed by atoms with Crippen LogP contribution in [0.1, 0.15) is 5.69 Å². The van der Waals surface area contributed by atoms with Crippen LogP contribution < -0.4 is 20.3 Å². The summed E-state index contributed by atoms with van der Waals surface area (Å²) in [5.74, 6) is 0.341. The number of methoxy groups -OCH3 is 1. The summed E-state index contributed by atoms with van der Waals surface area (Å²) < 4.78 is 18.1. The van der Waals surface area contributed by atoms with E-state index in [0.717, 1.165) is 27.2 Å². The number of anilines is 3. The van der Waals surface area contributed by atoms with Gasteiger partial charge in [-0.2, -0.15) is 0 Å². The van der Waals surface area contributed by atoms with Crippen molar-refractivity contribution in [1.82, 2.24) is 4.98 Å². The molecule has 0 spiro atoms. The average Bonchev–Trinajstić information content (AvgIpc) is 3.10. The van der Waals surface area contributed by atoms with Gasteiger partial charge in [0.15, 0.2) is 11.7 Å². The molecule has 1 heterocycles. The lowest BCUT2D eigenvalue weighted by Gasteiger charge is -2.12. The molecule has 0 aliphatic heterocycles. The molecule has 1 unspecified atom stereocenters. The maximum absolute atomic E-state index is 12.9. The highest BCUT2D eigenvalue weighted by atomic mass is 32.1. The third-order valence-electron chi connectivity index (χ3n) is 3.97. The number of ether oxygens (including phenoxy) is 1. The molecule has 0 aliphatic carbocycles. The predicted molar refractivity (Wildman–Crippen MR) is 109 cm³/mol. The standard InChI is InChI=1S/C20H21FN4O2S/c1-25(12-19(26)22-15-5-3-14(21)4-6-15)11-17-13-28-20(24-17)23-16-7-9-18(27-2)10-8-16/h3-10,13H,11-12H2,1-2H3,(H,22,26)(H,23,24)/p+1. The van der Waals surface area contributed by atoms with Crippen LogP contribution in [0.2, 0.25) is 0 Å². The number of nitrogens with zero attached hydrogens (tertiary/aromatic N) is 1. The van der Waals surface area contributed by atoms with E-state index >= 15 is 0 Å². The first-order valence-corrected chi connectivity index (χ1v) is 9.62. The molecule has 0 bridgehead atoms. The highest BCUT2D eigenvalue weighted by Crippen LogP contribution is 2.22. The molecule has 6 nitrogen and oxygen atoms in total. The molecule has 1 atom stereocenters. The van der Waals surface area contributed by atoms with Crippen molar-refractivity contribution < 1.29 is 18.8 Å². The van der Waals surface area contributed by atoms with Crippen LogP contribution in [-0.4, -0.2) is 31.6 Å². The van der Waals surface area contributed by atoms with Gasteiger partial charge in [-0.05, 0) is 48.5 Å². The maximum Gasteiger partial charge on any atom is 0.279 e. The Balaban J connectivity index is 1.49. The van der Waals surface area contributed by atoms with Crippen molar-refractivity contribution in [3.8, 4) is 5.75 Å². The van der Waals surface area contributed by atoms with Crippen molar-refractivity contribution in [3.05, 3.63) is 65.4 Å². The fourth-order valence-electron chi connectivity index (χ4n) is 2.63. The van der Waals surface area contributed by atoms with Gasteiger partial charge in [0.25, 0.3) is 5.91 Å². The highest BCUT2D eigenvalue weighted by Gasteiger charge is 2.13. The van der Waals surface area contributed by atoms with E-state index < -0.39 is 0 Å². The fourth-order valence-corrected chi connectivity index (χ4v) is 3.36. The topological polar surface area (TPSA) is 67.7 Å². The SMILES string of the molecule is COc1ccc(Nc2nc(C[NH+](C)CC(=O)Nc3ccc(F)cc3)cs2)cc1. The zero-order valence-electron chi connectivity index (χ0n) is 15.7. The number of quaternary nitrogens is 1. The van der Waals surface area contributed by atoms with E-state index in [1.54, 1.807) is 19.2 Å². The summed E-state index contributed by atoms with van der Waals surface area (Å²) >= 11 is 1.52. The molecule has 0 saturated carbocycles. The van der Waals surface area contributed by atoms with Gasteiger partial charge in [-0.3, -0.25) is 4.79 Å². The zero-order valence-corrected chi connectivity index (χ0v) is 16.5. The van der Waals surface area contributed by atoms with Gasteiger partial charge in [0.2, 0.25) is 0 Å². The van der Waals surface area contributed by atoms with Crippen LogP contribution in [0.15, 0.2) is 53.9 Å². The molecule has 0 saturated heterocycles. The number of benzene rings is 2. The Morgan fingerprint density at radius 3 is 2.50 bits per heavy atom. The monoisotopic (exact) mass is 401 g/mol. The van der Waals surface area contributed by atoms with Gasteiger partial charge in [-0.1, -0.05) is 0 Å². The van der Waals surface area contributed by atoms with Crippen LogP contribution in [-0.2, 0) is 11.3 Å². The van der Waals surface area contributed by atoms with Crippen molar-refractivity contribution in [1.29, 1.82) is 0 Å². The molecule has 3 N–H and O–H groups in total. The highest BCUT2D eigenvalue weighted by molar-refractivity contribution is 7.13. The van der Waals surface area contributed by atoms with Crippen LogP contribution >= 0.6 is 11.3 Å². The van der Waals surface area contributed by atoms with Crippen LogP contribution in [0.4, 0.5) is 20.9 Å². The summed E-state index contributed by atoms with van der Waals surface area (Å²) in [6.07, 6.45) is 0. The van der Waals surface area contributed by atoms with Gasteiger partial charge in [-0.25, -0.2) is 9.37 Å². The second-order valence-electron chi connectivity index (χ2n) is 6.36. The van der Waals surface area contributed by atoms with E-state index in [2.05, 4.69) is 15.6 Å². The van der Waals surface area contributed by atoms with Crippen LogP contribution in [0.5, 0.6) is 5.75 Å². The molecular weight excluding hydrogens is 379 g/mol. The van der Waals surface area contributed by atoms with Crippen molar-refractivity contribution in [2.45, 2.75) is 6.54 Å². The minimum absolute atomic E-state index is 0.129. The van der Waals surface area contributed by atoms with Crippen molar-refractivity contribution in [3.63, 3.8) is 0 Å². The molecular formula is C20H22FN4O2S+. The van der Waals surface area contributed by atoms with E-state index in [1.807, 2.05) is 36.7 Å². The van der Waals surface area contributed by atoms with Crippen LogP contribution in [0, 0.1) is 5.82 Å². The van der Waals surface area contributed by atoms with E-state index in [4.69, 9.17) is 4.74 Å². The Bertz CT molecular complexity index is 913. The third kappa shape index (κ3) is 5.77. The average molecular weight is 401 g/mol. The minimum atomic E-state index is -0.330. The Labute approximate surface area is 167 Å². The number of halogens is 1. The summed E-state index contributed by atoms with van der Waals surface area (Å²) in [4.78, 5) is 17.7. The Kier molecular flexibility index (Phi) is 6.57. The number of likely N-dealkylation sites (N-methyl/N-ethyl adjacent to an activating group) is 1. The van der Waals surface area contributed by atoms with E-state index in [-0.39, 0.29) is 18.3 Å². The van der Waals surface area contributed by atoms with E-state index in [9.17, 15) is 9.18 Å². The largest absolute Gasteiger partial charge is 0.497 e. The number of carbonyl (C=O) groups is 1. The second kappa shape index (κ2) is 9.29. The molecule has 1 aromatic heterocycles. The number of amides is 1. The molecule has 0 radical (unpaired) electrons. The number of hydrogen-bond donors (Lipinski definition) is 3. The van der Waals surface area contributed by atoms with Gasteiger partial charge in [0.1, 0.15) is 23.8 Å². The lowest BCUT2D eigenvalue weighted by atomic mass is 10.3. The van der Waals surface area contributed by atoms with E-state index in [0.29, 0.717) is 12.2 Å². The maximum atomic E-state index is 12.9. The molecule has 0 aliphatic rings. The molecule has 3 aromatic rings. The number of thiazole rings is 1. The molecule has 3 rings (SSSR count). The summed E-state index contributed by atoms with van der Waals surface area (Å²) in [6.45, 7) is 0.910. The molecule has 1 amide bonds. The van der Waals surface area contributed by atoms with Gasteiger partial charge in [-0.15, -0.1) is 11.3 Å². The quantitative estimate of drug-likeness (QED) is 0.543. The normalized spacial score (nSPS) is 11.7. The van der Waals surface area contributed by atoms with Crippen molar-refractivity contribution >= 4 is 33.8 Å². The molecule has 0 fully saturated rings. The lowest BCUT2D eigenvalue weighted by Crippen LogP contribution is -3.08. The summed E-state index contributed by atoms with van der Waals surface area (Å²) in [5, 5.41) is 8.80. The summed E-state index contributed by atoms with van der Waals surface area (Å²) in [7, 11) is 3.56. The van der Waals surface area contributed by atoms with Gasteiger partial charge in [0.05, 0.1) is 14.2 Å². The zero-order chi connectivity index (χ0) is 19.9. The first-order chi connectivity index (χ1) is 13.5. The molecule has 2 aromatic carbocycles. The Hall–Kier alpha value is -2.97. The van der Waals surface area contributed by atoms with Crippen molar-refractivity contribution in [2.24, 2.45) is 0 Å².